The maximum atomic E-state index is 11.5. The van der Waals surface area contributed by atoms with E-state index in [0.29, 0.717) is 11.8 Å². The zero-order chi connectivity index (χ0) is 14.2. The first-order chi connectivity index (χ1) is 8.79. The highest BCUT2D eigenvalue weighted by molar-refractivity contribution is 7.89. The van der Waals surface area contributed by atoms with Gasteiger partial charge in [0.1, 0.15) is 4.90 Å². The van der Waals surface area contributed by atoms with E-state index in [9.17, 15) is 8.42 Å². The van der Waals surface area contributed by atoms with Gasteiger partial charge in [-0.1, -0.05) is 19.9 Å². The molecule has 1 fully saturated rings. The number of anilines is 2. The zero-order valence-electron chi connectivity index (χ0n) is 11.3. The Hall–Kier alpha value is -1.27. The SMILES string of the molecule is CC1CC(C)CN(c2cccc(S(N)(=O)=O)c2N)C1. The molecule has 106 valence electrons. The van der Waals surface area contributed by atoms with Gasteiger partial charge in [0.2, 0.25) is 10.0 Å². The van der Waals surface area contributed by atoms with Crippen LogP contribution in [0.2, 0.25) is 0 Å². The molecule has 0 aromatic heterocycles. The molecule has 0 saturated carbocycles. The Kier molecular flexibility index (Phi) is 3.73. The summed E-state index contributed by atoms with van der Waals surface area (Å²) in [4.78, 5) is 2.17. The van der Waals surface area contributed by atoms with Gasteiger partial charge in [0.05, 0.1) is 11.4 Å². The molecule has 2 rings (SSSR count). The van der Waals surface area contributed by atoms with Crippen LogP contribution < -0.4 is 15.8 Å². The van der Waals surface area contributed by atoms with E-state index in [-0.39, 0.29) is 10.6 Å². The van der Waals surface area contributed by atoms with Crippen LogP contribution in [0.4, 0.5) is 11.4 Å². The lowest BCUT2D eigenvalue weighted by atomic mass is 9.91. The molecular formula is C13H21N3O2S. The molecule has 1 aromatic carbocycles. The molecule has 0 radical (unpaired) electrons. The summed E-state index contributed by atoms with van der Waals surface area (Å²) >= 11 is 0. The molecule has 4 N–H and O–H groups in total. The van der Waals surface area contributed by atoms with Crippen LogP contribution in [0.5, 0.6) is 0 Å². The van der Waals surface area contributed by atoms with E-state index in [2.05, 4.69) is 18.7 Å². The predicted octanol–water partition coefficient (Wildman–Crippen LogP) is 1.40. The molecular weight excluding hydrogens is 262 g/mol. The van der Waals surface area contributed by atoms with Crippen LogP contribution in [0.25, 0.3) is 0 Å². The number of nitrogens with zero attached hydrogens (tertiary/aromatic N) is 1. The fourth-order valence-corrected chi connectivity index (χ4v) is 3.60. The first kappa shape index (κ1) is 14.1. The van der Waals surface area contributed by atoms with Crippen molar-refractivity contribution in [2.24, 2.45) is 17.0 Å². The Morgan fingerprint density at radius 2 is 1.79 bits per heavy atom. The van der Waals surface area contributed by atoms with Gasteiger partial charge in [-0.25, -0.2) is 13.6 Å². The van der Waals surface area contributed by atoms with Crippen molar-refractivity contribution in [3.63, 3.8) is 0 Å². The molecule has 0 spiro atoms. The normalized spacial score (nSPS) is 24.5. The quantitative estimate of drug-likeness (QED) is 0.803. The number of rotatable bonds is 2. The number of hydrogen-bond acceptors (Lipinski definition) is 4. The van der Waals surface area contributed by atoms with E-state index in [1.807, 2.05) is 6.07 Å². The number of nitrogens with two attached hydrogens (primary N) is 2. The van der Waals surface area contributed by atoms with Crippen LogP contribution in [0.15, 0.2) is 23.1 Å². The van der Waals surface area contributed by atoms with Crippen molar-refractivity contribution < 1.29 is 8.42 Å². The van der Waals surface area contributed by atoms with E-state index in [0.717, 1.165) is 18.8 Å². The lowest BCUT2D eigenvalue weighted by Crippen LogP contribution is -2.39. The van der Waals surface area contributed by atoms with Crippen molar-refractivity contribution in [2.75, 3.05) is 23.7 Å². The third-order valence-corrected chi connectivity index (χ3v) is 4.53. The van der Waals surface area contributed by atoms with E-state index in [4.69, 9.17) is 10.9 Å². The second-order valence-electron chi connectivity index (χ2n) is 5.58. The summed E-state index contributed by atoms with van der Waals surface area (Å²) in [5, 5.41) is 5.18. The van der Waals surface area contributed by atoms with Gasteiger partial charge in [0.15, 0.2) is 0 Å². The summed E-state index contributed by atoms with van der Waals surface area (Å²) in [6.07, 6.45) is 1.19. The lowest BCUT2D eigenvalue weighted by Gasteiger charge is -2.37. The smallest absolute Gasteiger partial charge is 0.240 e. The minimum absolute atomic E-state index is 0.0101. The fourth-order valence-electron chi connectivity index (χ4n) is 2.92. The molecule has 1 aromatic rings. The largest absolute Gasteiger partial charge is 0.396 e. The van der Waals surface area contributed by atoms with Crippen molar-refractivity contribution in [1.82, 2.24) is 0 Å². The highest BCUT2D eigenvalue weighted by Crippen LogP contribution is 2.33. The van der Waals surface area contributed by atoms with E-state index in [1.165, 1.54) is 12.5 Å². The van der Waals surface area contributed by atoms with Crippen LogP contribution in [-0.2, 0) is 10.0 Å². The minimum Gasteiger partial charge on any atom is -0.396 e. The highest BCUT2D eigenvalue weighted by Gasteiger charge is 2.25. The van der Waals surface area contributed by atoms with Crippen LogP contribution in [0, 0.1) is 11.8 Å². The topological polar surface area (TPSA) is 89.4 Å². The monoisotopic (exact) mass is 283 g/mol. The number of piperidine rings is 1. The zero-order valence-corrected chi connectivity index (χ0v) is 12.2. The molecule has 1 saturated heterocycles. The van der Waals surface area contributed by atoms with E-state index in [1.54, 1.807) is 6.07 Å². The molecule has 6 heteroatoms. The molecule has 1 aliphatic rings. The van der Waals surface area contributed by atoms with Gasteiger partial charge in [0.25, 0.3) is 0 Å². The Bertz CT molecular complexity index is 561. The highest BCUT2D eigenvalue weighted by atomic mass is 32.2. The maximum Gasteiger partial charge on any atom is 0.240 e. The Balaban J connectivity index is 2.41. The Morgan fingerprint density at radius 3 is 2.32 bits per heavy atom. The van der Waals surface area contributed by atoms with Crippen molar-refractivity contribution in [1.29, 1.82) is 0 Å². The predicted molar refractivity (Wildman–Crippen MR) is 77.4 cm³/mol. The van der Waals surface area contributed by atoms with Crippen LogP contribution in [0.3, 0.4) is 0 Å². The number of para-hydroxylation sites is 1. The number of hydrogen-bond donors (Lipinski definition) is 2. The average molecular weight is 283 g/mol. The van der Waals surface area contributed by atoms with Gasteiger partial charge < -0.3 is 10.6 Å². The minimum atomic E-state index is -3.77. The summed E-state index contributed by atoms with van der Waals surface area (Å²) in [5.74, 6) is 1.14. The van der Waals surface area contributed by atoms with E-state index < -0.39 is 10.0 Å². The maximum absolute atomic E-state index is 11.5. The van der Waals surface area contributed by atoms with Gasteiger partial charge >= 0.3 is 0 Å². The van der Waals surface area contributed by atoms with Gasteiger partial charge in [0, 0.05) is 13.1 Å². The van der Waals surface area contributed by atoms with E-state index >= 15 is 0 Å². The van der Waals surface area contributed by atoms with Crippen LogP contribution in [-0.4, -0.2) is 21.5 Å². The molecule has 0 bridgehead atoms. The summed E-state index contributed by atoms with van der Waals surface area (Å²) in [5.41, 5.74) is 7.01. The third kappa shape index (κ3) is 3.01. The number of nitrogen functional groups attached to an aromatic ring is 1. The van der Waals surface area contributed by atoms with Gasteiger partial charge in [-0.3, -0.25) is 0 Å². The fraction of sp³-hybridized carbons (Fsp3) is 0.538. The van der Waals surface area contributed by atoms with Crippen LogP contribution >= 0.6 is 0 Å². The van der Waals surface area contributed by atoms with Crippen molar-refractivity contribution in [2.45, 2.75) is 25.2 Å². The summed E-state index contributed by atoms with van der Waals surface area (Å²) in [7, 11) is -3.77. The standard InChI is InChI=1S/C13H21N3O2S/c1-9-6-10(2)8-16(7-9)11-4-3-5-12(13(11)14)19(15,17)18/h3-5,9-10H,6-8,14H2,1-2H3,(H2,15,17,18). The second-order valence-corrected chi connectivity index (χ2v) is 7.11. The molecule has 1 heterocycles. The third-order valence-electron chi connectivity index (χ3n) is 3.56. The average Bonchev–Trinajstić information content (AvgIpc) is 2.26. The molecule has 5 nitrogen and oxygen atoms in total. The number of sulfonamides is 1. The molecule has 2 unspecified atom stereocenters. The number of benzene rings is 1. The summed E-state index contributed by atoms with van der Waals surface area (Å²) in [6, 6.07) is 5.00. The first-order valence-corrected chi connectivity index (χ1v) is 8.00. The number of primary sulfonamides is 1. The molecule has 2 atom stereocenters. The molecule has 0 aliphatic carbocycles. The molecule has 1 aliphatic heterocycles. The van der Waals surface area contributed by atoms with Crippen molar-refractivity contribution >= 4 is 21.4 Å². The van der Waals surface area contributed by atoms with Gasteiger partial charge in [-0.05, 0) is 30.4 Å². The lowest BCUT2D eigenvalue weighted by molar-refractivity contribution is 0.357. The Morgan fingerprint density at radius 1 is 1.21 bits per heavy atom. The Labute approximate surface area is 114 Å². The summed E-state index contributed by atoms with van der Waals surface area (Å²) in [6.45, 7) is 6.18. The van der Waals surface area contributed by atoms with Gasteiger partial charge in [-0.2, -0.15) is 0 Å². The first-order valence-electron chi connectivity index (χ1n) is 6.45. The van der Waals surface area contributed by atoms with Gasteiger partial charge in [-0.15, -0.1) is 0 Å². The van der Waals surface area contributed by atoms with Crippen molar-refractivity contribution in [3.8, 4) is 0 Å². The molecule has 0 amide bonds. The van der Waals surface area contributed by atoms with Crippen LogP contribution in [0.1, 0.15) is 20.3 Å². The summed E-state index contributed by atoms with van der Waals surface area (Å²) < 4.78 is 23.0. The molecule has 19 heavy (non-hydrogen) atoms. The van der Waals surface area contributed by atoms with Crippen molar-refractivity contribution in [3.05, 3.63) is 18.2 Å². The second kappa shape index (κ2) is 5.02.